The molecule has 164 valence electrons. The molecule has 1 heterocycles. The lowest BCUT2D eigenvalue weighted by Crippen LogP contribution is -2.29. The molecule has 0 aromatic heterocycles. The number of imide groups is 1. The molecule has 0 aliphatic carbocycles. The number of carbonyl (C=O) groups excluding carboxylic acids is 5. The summed E-state index contributed by atoms with van der Waals surface area (Å²) in [6, 6.07) is 18.2. The van der Waals surface area contributed by atoms with Gasteiger partial charge in [-0.05, 0) is 60.7 Å². The van der Waals surface area contributed by atoms with E-state index < -0.39 is 36.1 Å². The number of benzene rings is 3. The number of ether oxygens (including phenoxy) is 2. The summed E-state index contributed by atoms with van der Waals surface area (Å²) in [4.78, 5) is 61.7. The minimum Gasteiger partial charge on any atom is -0.454 e. The van der Waals surface area contributed by atoms with E-state index in [0.717, 1.165) is 4.90 Å². The number of rotatable bonds is 6. The van der Waals surface area contributed by atoms with Crippen LogP contribution in [0.3, 0.4) is 0 Å². The third kappa shape index (κ3) is 4.40. The van der Waals surface area contributed by atoms with Crippen molar-refractivity contribution >= 4 is 35.2 Å². The van der Waals surface area contributed by atoms with E-state index in [-0.39, 0.29) is 5.56 Å². The summed E-state index contributed by atoms with van der Waals surface area (Å²) in [5, 5.41) is 0. The van der Waals surface area contributed by atoms with Gasteiger partial charge in [0.25, 0.3) is 11.8 Å². The number of hydrogen-bond acceptors (Lipinski definition) is 7. The SMILES string of the molecule is CC(=O)Oc1ccc(C(=O)COC(=O)c2ccc(N3C(=O)c4ccccc4C3=O)cc2)cc1. The van der Waals surface area contributed by atoms with Crippen molar-refractivity contribution in [2.75, 3.05) is 11.5 Å². The molecule has 0 saturated heterocycles. The van der Waals surface area contributed by atoms with Crippen LogP contribution in [-0.2, 0) is 9.53 Å². The zero-order valence-electron chi connectivity index (χ0n) is 17.4. The Hall–Kier alpha value is -4.59. The van der Waals surface area contributed by atoms with Crippen LogP contribution < -0.4 is 9.64 Å². The fraction of sp³-hybridized carbons (Fsp3) is 0.0800. The van der Waals surface area contributed by atoms with E-state index in [1.807, 2.05) is 0 Å². The van der Waals surface area contributed by atoms with Gasteiger partial charge in [-0.2, -0.15) is 0 Å². The van der Waals surface area contributed by atoms with Crippen molar-refractivity contribution in [3.63, 3.8) is 0 Å². The molecule has 4 rings (SSSR count). The van der Waals surface area contributed by atoms with Gasteiger partial charge in [-0.15, -0.1) is 0 Å². The Balaban J connectivity index is 1.38. The smallest absolute Gasteiger partial charge is 0.338 e. The number of fused-ring (bicyclic) bond motifs is 1. The number of esters is 2. The number of nitrogens with zero attached hydrogens (tertiary/aromatic N) is 1. The van der Waals surface area contributed by atoms with Crippen LogP contribution in [0, 0.1) is 0 Å². The number of Topliss-reactive ketones (excluding diaryl/α,β-unsaturated/α-hetero) is 1. The van der Waals surface area contributed by atoms with E-state index in [1.54, 1.807) is 24.3 Å². The van der Waals surface area contributed by atoms with E-state index in [2.05, 4.69) is 0 Å². The van der Waals surface area contributed by atoms with Crippen molar-refractivity contribution in [2.45, 2.75) is 6.92 Å². The first-order valence-corrected chi connectivity index (χ1v) is 9.92. The maximum Gasteiger partial charge on any atom is 0.338 e. The lowest BCUT2D eigenvalue weighted by molar-refractivity contribution is -0.131. The number of carbonyl (C=O) groups is 5. The van der Waals surface area contributed by atoms with Crippen molar-refractivity contribution in [3.05, 3.63) is 95.1 Å². The summed E-state index contributed by atoms with van der Waals surface area (Å²) in [6.45, 7) is 0.788. The number of anilines is 1. The van der Waals surface area contributed by atoms with Crippen molar-refractivity contribution in [1.82, 2.24) is 0 Å². The quantitative estimate of drug-likeness (QED) is 0.249. The van der Waals surface area contributed by atoms with Gasteiger partial charge in [-0.25, -0.2) is 9.69 Å². The summed E-state index contributed by atoms with van der Waals surface area (Å²) in [7, 11) is 0. The average molecular weight is 443 g/mol. The van der Waals surface area contributed by atoms with E-state index in [9.17, 15) is 24.0 Å². The first kappa shape index (κ1) is 21.6. The first-order valence-electron chi connectivity index (χ1n) is 9.92. The minimum absolute atomic E-state index is 0.161. The van der Waals surface area contributed by atoms with Crippen molar-refractivity contribution in [1.29, 1.82) is 0 Å². The van der Waals surface area contributed by atoms with Gasteiger partial charge in [0.05, 0.1) is 22.4 Å². The fourth-order valence-electron chi connectivity index (χ4n) is 3.34. The topological polar surface area (TPSA) is 107 Å². The molecule has 0 atom stereocenters. The Morgan fingerprint density at radius 3 is 1.85 bits per heavy atom. The summed E-state index contributed by atoms with van der Waals surface area (Å²) in [6.07, 6.45) is 0. The zero-order chi connectivity index (χ0) is 23.5. The summed E-state index contributed by atoms with van der Waals surface area (Å²) >= 11 is 0. The summed E-state index contributed by atoms with van der Waals surface area (Å²) in [5.74, 6) is -2.20. The maximum atomic E-state index is 12.6. The van der Waals surface area contributed by atoms with Crippen molar-refractivity contribution in [2.24, 2.45) is 0 Å². The van der Waals surface area contributed by atoms with Gasteiger partial charge in [-0.3, -0.25) is 19.2 Å². The molecule has 0 saturated carbocycles. The van der Waals surface area contributed by atoms with Gasteiger partial charge in [0.2, 0.25) is 0 Å². The van der Waals surface area contributed by atoms with E-state index in [4.69, 9.17) is 9.47 Å². The second-order valence-corrected chi connectivity index (χ2v) is 7.16. The van der Waals surface area contributed by atoms with Gasteiger partial charge >= 0.3 is 11.9 Å². The lowest BCUT2D eigenvalue weighted by Gasteiger charge is -2.14. The monoisotopic (exact) mass is 443 g/mol. The molecule has 0 spiro atoms. The minimum atomic E-state index is -0.728. The Morgan fingerprint density at radius 1 is 0.758 bits per heavy atom. The highest BCUT2D eigenvalue weighted by Gasteiger charge is 2.36. The van der Waals surface area contributed by atoms with Crippen LogP contribution in [0.4, 0.5) is 5.69 Å². The maximum absolute atomic E-state index is 12.6. The molecular formula is C25H17NO7. The van der Waals surface area contributed by atoms with Gasteiger partial charge in [0.15, 0.2) is 12.4 Å². The third-order valence-electron chi connectivity index (χ3n) is 4.93. The van der Waals surface area contributed by atoms with Crippen LogP contribution in [-0.4, -0.2) is 36.1 Å². The molecule has 0 N–H and O–H groups in total. The molecule has 1 aliphatic heterocycles. The molecule has 0 radical (unpaired) electrons. The van der Waals surface area contributed by atoms with Crippen LogP contribution in [0.25, 0.3) is 0 Å². The Bertz CT molecular complexity index is 1240. The molecular weight excluding hydrogens is 426 g/mol. The molecule has 0 unspecified atom stereocenters. The Labute approximate surface area is 188 Å². The molecule has 0 bridgehead atoms. The molecule has 8 nitrogen and oxygen atoms in total. The number of amides is 2. The van der Waals surface area contributed by atoms with Gasteiger partial charge < -0.3 is 9.47 Å². The van der Waals surface area contributed by atoms with Crippen LogP contribution in [0.15, 0.2) is 72.8 Å². The second kappa shape index (κ2) is 8.88. The van der Waals surface area contributed by atoms with Gasteiger partial charge in [-0.1, -0.05) is 12.1 Å². The van der Waals surface area contributed by atoms with Crippen LogP contribution in [0.1, 0.15) is 48.4 Å². The zero-order valence-corrected chi connectivity index (χ0v) is 17.4. The number of hydrogen-bond donors (Lipinski definition) is 0. The molecule has 8 heteroatoms. The molecule has 1 aliphatic rings. The predicted molar refractivity (Wildman–Crippen MR) is 116 cm³/mol. The third-order valence-corrected chi connectivity index (χ3v) is 4.93. The highest BCUT2D eigenvalue weighted by atomic mass is 16.5. The van der Waals surface area contributed by atoms with Gasteiger partial charge in [0.1, 0.15) is 5.75 Å². The average Bonchev–Trinajstić information content (AvgIpc) is 3.07. The van der Waals surface area contributed by atoms with Crippen LogP contribution >= 0.6 is 0 Å². The predicted octanol–water partition coefficient (Wildman–Crippen LogP) is 3.45. The summed E-state index contributed by atoms with van der Waals surface area (Å²) < 4.78 is 9.98. The molecule has 33 heavy (non-hydrogen) atoms. The number of ketones is 1. The normalized spacial score (nSPS) is 12.3. The fourth-order valence-corrected chi connectivity index (χ4v) is 3.34. The Kier molecular flexibility index (Phi) is 5.82. The molecule has 2 amide bonds. The molecule has 3 aromatic carbocycles. The van der Waals surface area contributed by atoms with Crippen molar-refractivity contribution < 1.29 is 33.4 Å². The van der Waals surface area contributed by atoms with E-state index >= 15 is 0 Å². The van der Waals surface area contributed by atoms with Crippen LogP contribution in [0.2, 0.25) is 0 Å². The second-order valence-electron chi connectivity index (χ2n) is 7.16. The van der Waals surface area contributed by atoms with Gasteiger partial charge in [0, 0.05) is 12.5 Å². The molecule has 3 aromatic rings. The first-order chi connectivity index (χ1) is 15.8. The van der Waals surface area contributed by atoms with Crippen molar-refractivity contribution in [3.8, 4) is 5.75 Å². The lowest BCUT2D eigenvalue weighted by atomic mass is 10.1. The van der Waals surface area contributed by atoms with Crippen LogP contribution in [0.5, 0.6) is 5.75 Å². The van der Waals surface area contributed by atoms with E-state index in [1.165, 1.54) is 55.5 Å². The summed E-state index contributed by atoms with van der Waals surface area (Å²) in [5.41, 5.74) is 1.42. The highest BCUT2D eigenvalue weighted by molar-refractivity contribution is 6.34. The van der Waals surface area contributed by atoms with E-state index in [0.29, 0.717) is 28.1 Å². The highest BCUT2D eigenvalue weighted by Crippen LogP contribution is 2.28. The Morgan fingerprint density at radius 2 is 1.30 bits per heavy atom. The standard InChI is InChI=1S/C25H17NO7/c1-15(27)33-19-12-8-16(9-13-19)22(28)14-32-25(31)17-6-10-18(11-7-17)26-23(29)20-4-2-3-5-21(20)24(26)30/h2-13H,14H2,1H3. The molecule has 0 fully saturated rings. The largest absolute Gasteiger partial charge is 0.454 e.